The van der Waals surface area contributed by atoms with E-state index >= 15 is 0 Å². The Kier molecular flexibility index (Phi) is 7.14. The Morgan fingerprint density at radius 3 is 2.46 bits per heavy atom. The summed E-state index contributed by atoms with van der Waals surface area (Å²) in [4.78, 5) is 29.0. The molecule has 0 aliphatic heterocycles. The van der Waals surface area contributed by atoms with Crippen molar-refractivity contribution in [3.8, 4) is 0 Å². The summed E-state index contributed by atoms with van der Waals surface area (Å²) in [7, 11) is 0. The number of carbonyl (C=O) groups excluding carboxylic acids is 2. The number of rotatable bonds is 7. The Labute approximate surface area is 154 Å². The molecule has 2 aromatic rings. The summed E-state index contributed by atoms with van der Waals surface area (Å²) in [6.45, 7) is 6.19. The van der Waals surface area contributed by atoms with Gasteiger partial charge in [0.25, 0.3) is 0 Å². The highest BCUT2D eigenvalue weighted by Crippen LogP contribution is 2.13. The van der Waals surface area contributed by atoms with Gasteiger partial charge in [0.1, 0.15) is 6.04 Å². The van der Waals surface area contributed by atoms with Gasteiger partial charge in [-0.1, -0.05) is 38.1 Å². The summed E-state index contributed by atoms with van der Waals surface area (Å²) in [6.07, 6.45) is 2.37. The zero-order chi connectivity index (χ0) is 18.9. The maximum atomic E-state index is 12.5. The maximum Gasteiger partial charge on any atom is 0.319 e. The Morgan fingerprint density at radius 1 is 1.08 bits per heavy atom. The van der Waals surface area contributed by atoms with Gasteiger partial charge in [0.05, 0.1) is 0 Å². The smallest absolute Gasteiger partial charge is 0.319 e. The van der Waals surface area contributed by atoms with E-state index in [1.165, 1.54) is 0 Å². The standard InChI is InChI=1S/C20H26N4O2/c1-14(2)18(19(25)22-13-11-16-9-6-7-12-21-16)24-20(26)23-17-10-5-4-8-15(17)3/h4-10,12,14,18H,11,13H2,1-3H3,(H,22,25)(H2,23,24,26). The van der Waals surface area contributed by atoms with Crippen LogP contribution in [0.3, 0.4) is 0 Å². The number of pyridine rings is 1. The second-order valence-electron chi connectivity index (χ2n) is 6.50. The topological polar surface area (TPSA) is 83.1 Å². The van der Waals surface area contributed by atoms with Crippen molar-refractivity contribution in [2.24, 2.45) is 5.92 Å². The number of aryl methyl sites for hydroxylation is 1. The summed E-state index contributed by atoms with van der Waals surface area (Å²) in [5.74, 6) is -0.233. The van der Waals surface area contributed by atoms with Crippen LogP contribution in [0.2, 0.25) is 0 Å². The van der Waals surface area contributed by atoms with Crippen molar-refractivity contribution in [3.63, 3.8) is 0 Å². The first-order valence-corrected chi connectivity index (χ1v) is 8.78. The molecule has 26 heavy (non-hydrogen) atoms. The molecule has 0 saturated carbocycles. The number of nitrogens with zero attached hydrogens (tertiary/aromatic N) is 1. The van der Waals surface area contributed by atoms with Crippen LogP contribution in [0, 0.1) is 12.8 Å². The maximum absolute atomic E-state index is 12.5. The average molecular weight is 354 g/mol. The number of para-hydroxylation sites is 1. The first kappa shape index (κ1) is 19.4. The van der Waals surface area contributed by atoms with E-state index in [4.69, 9.17) is 0 Å². The van der Waals surface area contributed by atoms with Gasteiger partial charge < -0.3 is 16.0 Å². The fourth-order valence-electron chi connectivity index (χ4n) is 2.52. The molecule has 6 heteroatoms. The molecule has 6 nitrogen and oxygen atoms in total. The monoisotopic (exact) mass is 354 g/mol. The zero-order valence-electron chi connectivity index (χ0n) is 15.5. The number of anilines is 1. The van der Waals surface area contributed by atoms with Crippen LogP contribution in [0.5, 0.6) is 0 Å². The van der Waals surface area contributed by atoms with Crippen LogP contribution in [0.15, 0.2) is 48.7 Å². The number of benzene rings is 1. The molecule has 2 rings (SSSR count). The third kappa shape index (κ3) is 5.88. The second kappa shape index (κ2) is 9.56. The SMILES string of the molecule is Cc1ccccc1NC(=O)NC(C(=O)NCCc1ccccn1)C(C)C. The zero-order valence-corrected chi connectivity index (χ0v) is 15.5. The largest absolute Gasteiger partial charge is 0.354 e. The normalized spacial score (nSPS) is 11.7. The fraction of sp³-hybridized carbons (Fsp3) is 0.350. The minimum Gasteiger partial charge on any atom is -0.354 e. The van der Waals surface area contributed by atoms with Gasteiger partial charge in [-0.15, -0.1) is 0 Å². The van der Waals surface area contributed by atoms with E-state index in [1.54, 1.807) is 6.20 Å². The molecule has 0 fully saturated rings. The quantitative estimate of drug-likeness (QED) is 0.715. The summed E-state index contributed by atoms with van der Waals surface area (Å²) in [5.41, 5.74) is 2.60. The lowest BCUT2D eigenvalue weighted by Crippen LogP contribution is -2.51. The van der Waals surface area contributed by atoms with Crippen LogP contribution in [-0.4, -0.2) is 29.5 Å². The molecule has 1 unspecified atom stereocenters. The van der Waals surface area contributed by atoms with Gasteiger partial charge >= 0.3 is 6.03 Å². The first-order valence-electron chi connectivity index (χ1n) is 8.78. The minimum atomic E-state index is -0.609. The molecule has 0 spiro atoms. The van der Waals surface area contributed by atoms with Gasteiger partial charge in [0.15, 0.2) is 0 Å². The summed E-state index contributed by atoms with van der Waals surface area (Å²) in [5, 5.41) is 8.43. The second-order valence-corrected chi connectivity index (χ2v) is 6.50. The lowest BCUT2D eigenvalue weighted by molar-refractivity contribution is -0.123. The van der Waals surface area contributed by atoms with Crippen LogP contribution in [0.25, 0.3) is 0 Å². The highest BCUT2D eigenvalue weighted by molar-refractivity contribution is 5.94. The Morgan fingerprint density at radius 2 is 1.81 bits per heavy atom. The number of carbonyl (C=O) groups is 2. The molecular formula is C20H26N4O2. The molecule has 0 bridgehead atoms. The van der Waals surface area contributed by atoms with Crippen molar-refractivity contribution in [1.29, 1.82) is 0 Å². The average Bonchev–Trinajstić information content (AvgIpc) is 2.62. The number of urea groups is 1. The van der Waals surface area contributed by atoms with E-state index in [0.717, 1.165) is 16.9 Å². The lowest BCUT2D eigenvalue weighted by Gasteiger charge is -2.22. The van der Waals surface area contributed by atoms with Crippen molar-refractivity contribution in [1.82, 2.24) is 15.6 Å². The fourth-order valence-corrected chi connectivity index (χ4v) is 2.52. The number of aromatic nitrogens is 1. The van der Waals surface area contributed by atoms with Gasteiger partial charge in [-0.3, -0.25) is 9.78 Å². The molecule has 1 aromatic carbocycles. The van der Waals surface area contributed by atoms with Gasteiger partial charge in [-0.05, 0) is 36.6 Å². The molecule has 0 aliphatic carbocycles. The third-order valence-corrected chi connectivity index (χ3v) is 4.04. The van der Waals surface area contributed by atoms with Crippen LogP contribution in [0.4, 0.5) is 10.5 Å². The third-order valence-electron chi connectivity index (χ3n) is 4.04. The Hall–Kier alpha value is -2.89. The highest BCUT2D eigenvalue weighted by atomic mass is 16.2. The van der Waals surface area contributed by atoms with E-state index in [-0.39, 0.29) is 11.8 Å². The van der Waals surface area contributed by atoms with Crippen LogP contribution in [-0.2, 0) is 11.2 Å². The number of hydrogen-bond acceptors (Lipinski definition) is 3. The number of nitrogens with one attached hydrogen (secondary N) is 3. The van der Waals surface area contributed by atoms with Crippen molar-refractivity contribution in [2.75, 3.05) is 11.9 Å². The van der Waals surface area contributed by atoms with Crippen molar-refractivity contribution in [2.45, 2.75) is 33.2 Å². The van der Waals surface area contributed by atoms with Gasteiger partial charge in [0, 0.05) is 30.5 Å². The van der Waals surface area contributed by atoms with E-state index in [2.05, 4.69) is 20.9 Å². The lowest BCUT2D eigenvalue weighted by atomic mass is 10.0. The molecule has 0 radical (unpaired) electrons. The van der Waals surface area contributed by atoms with Crippen LogP contribution in [0.1, 0.15) is 25.1 Å². The molecule has 3 amide bonds. The summed E-state index contributed by atoms with van der Waals surface area (Å²) >= 11 is 0. The molecule has 1 heterocycles. The number of amides is 3. The van der Waals surface area contributed by atoms with Gasteiger partial charge in [-0.25, -0.2) is 4.79 Å². The molecule has 1 atom stereocenters. The summed E-state index contributed by atoms with van der Waals surface area (Å²) < 4.78 is 0. The van der Waals surface area contributed by atoms with Crippen molar-refractivity contribution >= 4 is 17.6 Å². The van der Waals surface area contributed by atoms with E-state index < -0.39 is 12.1 Å². The van der Waals surface area contributed by atoms with Gasteiger partial charge in [-0.2, -0.15) is 0 Å². The minimum absolute atomic E-state index is 0.0347. The molecular weight excluding hydrogens is 328 g/mol. The first-order chi connectivity index (χ1) is 12.5. The molecule has 0 saturated heterocycles. The Bertz CT molecular complexity index is 732. The van der Waals surface area contributed by atoms with E-state index in [0.29, 0.717) is 13.0 Å². The molecule has 138 valence electrons. The van der Waals surface area contributed by atoms with E-state index in [9.17, 15) is 9.59 Å². The summed E-state index contributed by atoms with van der Waals surface area (Å²) in [6, 6.07) is 12.2. The molecule has 1 aromatic heterocycles. The van der Waals surface area contributed by atoms with Crippen molar-refractivity contribution in [3.05, 3.63) is 59.9 Å². The predicted octanol–water partition coefficient (Wildman–Crippen LogP) is 2.90. The van der Waals surface area contributed by atoms with Crippen molar-refractivity contribution < 1.29 is 9.59 Å². The van der Waals surface area contributed by atoms with Gasteiger partial charge in [0.2, 0.25) is 5.91 Å². The van der Waals surface area contributed by atoms with E-state index in [1.807, 2.05) is 63.2 Å². The highest BCUT2D eigenvalue weighted by Gasteiger charge is 2.24. The van der Waals surface area contributed by atoms with Crippen LogP contribution >= 0.6 is 0 Å². The molecule has 0 aliphatic rings. The van der Waals surface area contributed by atoms with Crippen LogP contribution < -0.4 is 16.0 Å². The predicted molar refractivity (Wildman–Crippen MR) is 103 cm³/mol. The molecule has 3 N–H and O–H groups in total. The Balaban J connectivity index is 1.87. The number of hydrogen-bond donors (Lipinski definition) is 3.